The summed E-state index contributed by atoms with van der Waals surface area (Å²) in [5, 5.41) is 6.22. The van der Waals surface area contributed by atoms with Crippen molar-refractivity contribution in [1.82, 2.24) is 10.6 Å². The monoisotopic (exact) mass is 200 g/mol. The van der Waals surface area contributed by atoms with E-state index in [1.165, 1.54) is 0 Å². The van der Waals surface area contributed by atoms with E-state index in [1.54, 1.807) is 7.11 Å². The van der Waals surface area contributed by atoms with Crippen LogP contribution >= 0.6 is 0 Å². The standard InChI is InChI=1S/C10H20N2O2/c1-8(14-2)3-4-10(13)12-9-5-6-11-7-9/h8-9,11H,3-7H2,1-2H3,(H,12,13)/t8?,9-/m1/s1. The van der Waals surface area contributed by atoms with Crippen molar-refractivity contribution in [3.63, 3.8) is 0 Å². The first-order chi connectivity index (χ1) is 6.72. The molecule has 1 aliphatic heterocycles. The number of nitrogens with one attached hydrogen (secondary N) is 2. The van der Waals surface area contributed by atoms with Gasteiger partial charge < -0.3 is 15.4 Å². The van der Waals surface area contributed by atoms with Gasteiger partial charge in [-0.05, 0) is 26.3 Å². The van der Waals surface area contributed by atoms with Crippen LogP contribution in [-0.4, -0.2) is 38.3 Å². The molecular formula is C10H20N2O2. The molecule has 1 heterocycles. The zero-order chi connectivity index (χ0) is 10.4. The molecule has 2 N–H and O–H groups in total. The van der Waals surface area contributed by atoms with Crippen LogP contribution in [0.15, 0.2) is 0 Å². The summed E-state index contributed by atoms with van der Waals surface area (Å²) in [6.07, 6.45) is 2.57. The molecule has 0 spiro atoms. The topological polar surface area (TPSA) is 50.4 Å². The Labute approximate surface area is 85.4 Å². The number of methoxy groups -OCH3 is 1. The molecular weight excluding hydrogens is 180 g/mol. The van der Waals surface area contributed by atoms with Crippen LogP contribution in [0.1, 0.15) is 26.2 Å². The lowest BCUT2D eigenvalue weighted by atomic mass is 10.2. The fourth-order valence-electron chi connectivity index (χ4n) is 1.53. The second-order valence-corrected chi connectivity index (χ2v) is 3.84. The molecule has 1 saturated heterocycles. The van der Waals surface area contributed by atoms with E-state index in [2.05, 4.69) is 10.6 Å². The van der Waals surface area contributed by atoms with Crippen LogP contribution in [0.3, 0.4) is 0 Å². The van der Waals surface area contributed by atoms with Gasteiger partial charge in [-0.3, -0.25) is 4.79 Å². The Balaban J connectivity index is 2.09. The SMILES string of the molecule is COC(C)CCC(=O)N[C@@H]1CCNC1. The molecule has 1 rings (SSSR count). The number of hydrogen-bond acceptors (Lipinski definition) is 3. The van der Waals surface area contributed by atoms with E-state index >= 15 is 0 Å². The maximum atomic E-state index is 11.4. The number of carbonyl (C=O) groups excluding carboxylic acids is 1. The highest BCUT2D eigenvalue weighted by atomic mass is 16.5. The van der Waals surface area contributed by atoms with E-state index in [9.17, 15) is 4.79 Å². The summed E-state index contributed by atoms with van der Waals surface area (Å²) in [7, 11) is 1.67. The van der Waals surface area contributed by atoms with Gasteiger partial charge in [0, 0.05) is 26.1 Å². The lowest BCUT2D eigenvalue weighted by Crippen LogP contribution is -2.36. The summed E-state index contributed by atoms with van der Waals surface area (Å²) in [6, 6.07) is 0.334. The second kappa shape index (κ2) is 5.98. The third-order valence-corrected chi connectivity index (χ3v) is 2.61. The summed E-state index contributed by atoms with van der Waals surface area (Å²) >= 11 is 0. The molecule has 14 heavy (non-hydrogen) atoms. The van der Waals surface area contributed by atoms with Gasteiger partial charge >= 0.3 is 0 Å². The van der Waals surface area contributed by atoms with Gasteiger partial charge in [-0.2, -0.15) is 0 Å². The zero-order valence-corrected chi connectivity index (χ0v) is 9.01. The van der Waals surface area contributed by atoms with Crippen LogP contribution in [-0.2, 0) is 9.53 Å². The third-order valence-electron chi connectivity index (χ3n) is 2.61. The first-order valence-electron chi connectivity index (χ1n) is 5.25. The highest BCUT2D eigenvalue weighted by Crippen LogP contribution is 2.02. The lowest BCUT2D eigenvalue weighted by molar-refractivity contribution is -0.122. The average Bonchev–Trinajstić information content (AvgIpc) is 2.66. The van der Waals surface area contributed by atoms with Crippen LogP contribution in [0.5, 0.6) is 0 Å². The lowest BCUT2D eigenvalue weighted by Gasteiger charge is -2.12. The van der Waals surface area contributed by atoms with Crippen LogP contribution in [0.25, 0.3) is 0 Å². The Kier molecular flexibility index (Phi) is 4.90. The summed E-state index contributed by atoms with van der Waals surface area (Å²) in [4.78, 5) is 11.4. The molecule has 0 aromatic heterocycles. The van der Waals surface area contributed by atoms with E-state index in [4.69, 9.17) is 4.74 Å². The summed E-state index contributed by atoms with van der Waals surface area (Å²) in [5.74, 6) is 0.141. The van der Waals surface area contributed by atoms with E-state index in [1.807, 2.05) is 6.92 Å². The molecule has 2 atom stereocenters. The minimum Gasteiger partial charge on any atom is -0.382 e. The summed E-state index contributed by atoms with van der Waals surface area (Å²) in [6.45, 7) is 3.90. The minimum atomic E-state index is 0.141. The Morgan fingerprint density at radius 1 is 1.71 bits per heavy atom. The van der Waals surface area contributed by atoms with Gasteiger partial charge in [0.05, 0.1) is 6.10 Å². The van der Waals surface area contributed by atoms with Gasteiger partial charge in [-0.15, -0.1) is 0 Å². The van der Waals surface area contributed by atoms with Gasteiger partial charge in [-0.25, -0.2) is 0 Å². The van der Waals surface area contributed by atoms with Crippen LogP contribution < -0.4 is 10.6 Å². The molecule has 4 nitrogen and oxygen atoms in total. The van der Waals surface area contributed by atoms with Gasteiger partial charge in [0.25, 0.3) is 0 Å². The van der Waals surface area contributed by atoms with Crippen molar-refractivity contribution in [3.8, 4) is 0 Å². The first kappa shape index (κ1) is 11.5. The third kappa shape index (κ3) is 4.07. The van der Waals surface area contributed by atoms with Crippen LogP contribution in [0.4, 0.5) is 0 Å². The number of rotatable bonds is 5. The predicted octanol–water partition coefficient (Wildman–Crippen LogP) is 0.280. The minimum absolute atomic E-state index is 0.141. The fraction of sp³-hybridized carbons (Fsp3) is 0.900. The molecule has 0 aliphatic carbocycles. The normalized spacial score (nSPS) is 23.4. The molecule has 0 aromatic rings. The smallest absolute Gasteiger partial charge is 0.220 e. The van der Waals surface area contributed by atoms with E-state index in [-0.39, 0.29) is 12.0 Å². The van der Waals surface area contributed by atoms with Gasteiger partial charge in [-0.1, -0.05) is 0 Å². The van der Waals surface area contributed by atoms with Crippen molar-refractivity contribution in [3.05, 3.63) is 0 Å². The fourth-order valence-corrected chi connectivity index (χ4v) is 1.53. The molecule has 0 bridgehead atoms. The van der Waals surface area contributed by atoms with Crippen molar-refractivity contribution in [2.75, 3.05) is 20.2 Å². The van der Waals surface area contributed by atoms with Crippen molar-refractivity contribution < 1.29 is 9.53 Å². The van der Waals surface area contributed by atoms with Crippen LogP contribution in [0.2, 0.25) is 0 Å². The Morgan fingerprint density at radius 2 is 2.50 bits per heavy atom. The maximum Gasteiger partial charge on any atom is 0.220 e. The highest BCUT2D eigenvalue weighted by Gasteiger charge is 2.16. The van der Waals surface area contributed by atoms with Crippen LogP contribution in [0, 0.1) is 0 Å². The van der Waals surface area contributed by atoms with Gasteiger partial charge in [0.2, 0.25) is 5.91 Å². The molecule has 0 radical (unpaired) electrons. The summed E-state index contributed by atoms with van der Waals surface area (Å²) in [5.41, 5.74) is 0. The largest absolute Gasteiger partial charge is 0.382 e. The Bertz CT molecular complexity index is 179. The van der Waals surface area contributed by atoms with Crippen molar-refractivity contribution in [2.24, 2.45) is 0 Å². The molecule has 82 valence electrons. The number of carbonyl (C=O) groups is 1. The molecule has 1 aliphatic rings. The predicted molar refractivity (Wildman–Crippen MR) is 55.1 cm³/mol. The number of amides is 1. The van der Waals surface area contributed by atoms with E-state index in [0.717, 1.165) is 25.9 Å². The first-order valence-corrected chi connectivity index (χ1v) is 5.25. The Hall–Kier alpha value is -0.610. The highest BCUT2D eigenvalue weighted by molar-refractivity contribution is 5.76. The van der Waals surface area contributed by atoms with E-state index in [0.29, 0.717) is 12.5 Å². The summed E-state index contributed by atoms with van der Waals surface area (Å²) < 4.78 is 5.08. The van der Waals surface area contributed by atoms with Crippen molar-refractivity contribution in [1.29, 1.82) is 0 Å². The molecule has 0 aromatic carbocycles. The quantitative estimate of drug-likeness (QED) is 0.670. The average molecular weight is 200 g/mol. The number of hydrogen-bond donors (Lipinski definition) is 2. The molecule has 1 fully saturated rings. The van der Waals surface area contributed by atoms with Gasteiger partial charge in [0.15, 0.2) is 0 Å². The van der Waals surface area contributed by atoms with E-state index < -0.39 is 0 Å². The Morgan fingerprint density at radius 3 is 3.07 bits per heavy atom. The van der Waals surface area contributed by atoms with Crippen molar-refractivity contribution in [2.45, 2.75) is 38.3 Å². The molecule has 0 saturated carbocycles. The number of ether oxygens (including phenoxy) is 1. The zero-order valence-electron chi connectivity index (χ0n) is 9.01. The van der Waals surface area contributed by atoms with Gasteiger partial charge in [0.1, 0.15) is 0 Å². The maximum absolute atomic E-state index is 11.4. The molecule has 1 amide bonds. The van der Waals surface area contributed by atoms with Crippen molar-refractivity contribution >= 4 is 5.91 Å². The molecule has 4 heteroatoms. The molecule has 1 unspecified atom stereocenters. The second-order valence-electron chi connectivity index (χ2n) is 3.84.